The summed E-state index contributed by atoms with van der Waals surface area (Å²) in [7, 11) is 0. The molecule has 2 aromatic carbocycles. The van der Waals surface area contributed by atoms with Crippen LogP contribution in [0.3, 0.4) is 0 Å². The predicted molar refractivity (Wildman–Crippen MR) is 95.4 cm³/mol. The molecule has 0 N–H and O–H groups in total. The monoisotopic (exact) mass is 384 g/mol. The van der Waals surface area contributed by atoms with Gasteiger partial charge < -0.3 is 4.74 Å². The van der Waals surface area contributed by atoms with Crippen molar-refractivity contribution in [1.82, 2.24) is 0 Å². The quantitative estimate of drug-likeness (QED) is 0.323. The standard InChI is InChI=1S/C17H15BrCl2O/c18-17-12-15(20)8-7-14(17)6-5-13-3-1-4-16(11-13)21-10-2-9-19/h1,3-8,11-12H,2,9-10H2/b6-5+. The van der Waals surface area contributed by atoms with Crippen LogP contribution in [-0.4, -0.2) is 12.5 Å². The molecule has 0 aliphatic rings. The highest BCUT2D eigenvalue weighted by Crippen LogP contribution is 2.24. The van der Waals surface area contributed by atoms with Crippen molar-refractivity contribution in [2.45, 2.75) is 6.42 Å². The molecule has 0 heterocycles. The first-order valence-electron chi connectivity index (χ1n) is 6.61. The maximum Gasteiger partial charge on any atom is 0.119 e. The summed E-state index contributed by atoms with van der Waals surface area (Å²) in [6.07, 6.45) is 4.93. The minimum absolute atomic E-state index is 0.615. The normalized spacial score (nSPS) is 11.0. The molecule has 0 aromatic heterocycles. The molecule has 1 nitrogen and oxygen atoms in total. The van der Waals surface area contributed by atoms with Gasteiger partial charge in [0, 0.05) is 15.4 Å². The lowest BCUT2D eigenvalue weighted by Crippen LogP contribution is -1.97. The molecule has 0 aliphatic heterocycles. The van der Waals surface area contributed by atoms with Crippen molar-refractivity contribution in [2.24, 2.45) is 0 Å². The van der Waals surface area contributed by atoms with E-state index in [1.807, 2.05) is 54.6 Å². The van der Waals surface area contributed by atoms with Gasteiger partial charge in [-0.15, -0.1) is 11.6 Å². The summed E-state index contributed by atoms with van der Waals surface area (Å²) >= 11 is 15.1. The smallest absolute Gasteiger partial charge is 0.119 e. The molecule has 21 heavy (non-hydrogen) atoms. The van der Waals surface area contributed by atoms with Gasteiger partial charge >= 0.3 is 0 Å². The highest BCUT2D eigenvalue weighted by molar-refractivity contribution is 9.10. The second-order valence-electron chi connectivity index (χ2n) is 4.46. The molecule has 2 aromatic rings. The fourth-order valence-electron chi connectivity index (χ4n) is 1.78. The third-order valence-electron chi connectivity index (χ3n) is 2.82. The molecule has 110 valence electrons. The first-order valence-corrected chi connectivity index (χ1v) is 8.31. The Morgan fingerprint density at radius 2 is 1.95 bits per heavy atom. The lowest BCUT2D eigenvalue weighted by atomic mass is 10.1. The van der Waals surface area contributed by atoms with Crippen molar-refractivity contribution in [1.29, 1.82) is 0 Å². The molecule has 0 aliphatic carbocycles. The van der Waals surface area contributed by atoms with E-state index in [0.29, 0.717) is 17.5 Å². The van der Waals surface area contributed by atoms with E-state index >= 15 is 0 Å². The minimum Gasteiger partial charge on any atom is -0.494 e. The average Bonchev–Trinajstić information content (AvgIpc) is 2.47. The highest BCUT2D eigenvalue weighted by Gasteiger charge is 1.98. The van der Waals surface area contributed by atoms with E-state index in [1.54, 1.807) is 0 Å². The van der Waals surface area contributed by atoms with E-state index < -0.39 is 0 Å². The largest absolute Gasteiger partial charge is 0.494 e. The summed E-state index contributed by atoms with van der Waals surface area (Å²) in [5.41, 5.74) is 2.16. The number of hydrogen-bond acceptors (Lipinski definition) is 1. The van der Waals surface area contributed by atoms with Crippen molar-refractivity contribution in [3.8, 4) is 5.75 Å². The van der Waals surface area contributed by atoms with Crippen LogP contribution < -0.4 is 4.74 Å². The highest BCUT2D eigenvalue weighted by atomic mass is 79.9. The maximum absolute atomic E-state index is 5.94. The second-order valence-corrected chi connectivity index (χ2v) is 6.13. The summed E-state index contributed by atoms with van der Waals surface area (Å²) < 4.78 is 6.61. The van der Waals surface area contributed by atoms with Crippen LogP contribution in [0.25, 0.3) is 12.2 Å². The second kappa shape index (κ2) is 8.47. The van der Waals surface area contributed by atoms with Gasteiger partial charge in [-0.1, -0.05) is 57.9 Å². The molecule has 0 bridgehead atoms. The van der Waals surface area contributed by atoms with Gasteiger partial charge in [0.2, 0.25) is 0 Å². The van der Waals surface area contributed by atoms with Gasteiger partial charge in [0.1, 0.15) is 5.75 Å². The first-order chi connectivity index (χ1) is 10.2. The number of rotatable bonds is 6. The molecule has 0 radical (unpaired) electrons. The Labute approximate surface area is 143 Å². The SMILES string of the molecule is ClCCCOc1cccc(/C=C/c2ccc(Cl)cc2Br)c1. The topological polar surface area (TPSA) is 9.23 Å². The van der Waals surface area contributed by atoms with Gasteiger partial charge in [-0.25, -0.2) is 0 Å². The Balaban J connectivity index is 2.08. The summed E-state index contributed by atoms with van der Waals surface area (Å²) in [4.78, 5) is 0. The van der Waals surface area contributed by atoms with Gasteiger partial charge in [0.05, 0.1) is 6.61 Å². The summed E-state index contributed by atoms with van der Waals surface area (Å²) in [5, 5.41) is 0.716. The maximum atomic E-state index is 5.94. The Kier molecular flexibility index (Phi) is 6.62. The van der Waals surface area contributed by atoms with E-state index in [4.69, 9.17) is 27.9 Å². The van der Waals surface area contributed by atoms with Gasteiger partial charge in [-0.05, 0) is 41.8 Å². The van der Waals surface area contributed by atoms with Gasteiger partial charge in [-0.2, -0.15) is 0 Å². The lowest BCUT2D eigenvalue weighted by Gasteiger charge is -2.05. The van der Waals surface area contributed by atoms with E-state index in [9.17, 15) is 0 Å². The van der Waals surface area contributed by atoms with E-state index in [2.05, 4.69) is 15.9 Å². The summed E-state index contributed by atoms with van der Waals surface area (Å²) in [5.74, 6) is 1.47. The number of benzene rings is 2. The number of ether oxygens (including phenoxy) is 1. The number of halogens is 3. The van der Waals surface area contributed by atoms with Crippen molar-refractivity contribution in [3.05, 3.63) is 63.1 Å². The van der Waals surface area contributed by atoms with Crippen LogP contribution in [0, 0.1) is 0 Å². The number of hydrogen-bond donors (Lipinski definition) is 0. The summed E-state index contributed by atoms with van der Waals surface area (Å²) in [6, 6.07) is 13.7. The van der Waals surface area contributed by atoms with Gasteiger partial charge in [0.15, 0.2) is 0 Å². The van der Waals surface area contributed by atoms with Gasteiger partial charge in [-0.3, -0.25) is 0 Å². The van der Waals surface area contributed by atoms with Crippen LogP contribution in [0.5, 0.6) is 5.75 Å². The number of alkyl halides is 1. The molecule has 0 unspecified atom stereocenters. The zero-order valence-electron chi connectivity index (χ0n) is 11.4. The van der Waals surface area contributed by atoms with Crippen molar-refractivity contribution in [2.75, 3.05) is 12.5 Å². The molecule has 0 saturated carbocycles. The van der Waals surface area contributed by atoms with Crippen molar-refractivity contribution >= 4 is 51.3 Å². The third-order valence-corrected chi connectivity index (χ3v) is 4.01. The Morgan fingerprint density at radius 3 is 2.71 bits per heavy atom. The van der Waals surface area contributed by atoms with E-state index in [0.717, 1.165) is 27.8 Å². The molecule has 0 fully saturated rings. The fraction of sp³-hybridized carbons (Fsp3) is 0.176. The molecule has 0 amide bonds. The molecule has 0 atom stereocenters. The van der Waals surface area contributed by atoms with E-state index in [1.165, 1.54) is 0 Å². The molecular weight excluding hydrogens is 371 g/mol. The molecule has 0 saturated heterocycles. The third kappa shape index (κ3) is 5.39. The zero-order valence-corrected chi connectivity index (χ0v) is 14.5. The van der Waals surface area contributed by atoms with Crippen LogP contribution in [0.15, 0.2) is 46.9 Å². The van der Waals surface area contributed by atoms with Crippen LogP contribution in [-0.2, 0) is 0 Å². The molecule has 4 heteroatoms. The van der Waals surface area contributed by atoms with E-state index in [-0.39, 0.29) is 0 Å². The van der Waals surface area contributed by atoms with Crippen LogP contribution in [0.4, 0.5) is 0 Å². The van der Waals surface area contributed by atoms with Crippen LogP contribution >= 0.6 is 39.1 Å². The Bertz CT molecular complexity index is 626. The van der Waals surface area contributed by atoms with Crippen LogP contribution in [0.2, 0.25) is 5.02 Å². The predicted octanol–water partition coefficient (Wildman–Crippen LogP) is 6.28. The average molecular weight is 386 g/mol. The van der Waals surface area contributed by atoms with Crippen molar-refractivity contribution in [3.63, 3.8) is 0 Å². The van der Waals surface area contributed by atoms with Crippen molar-refractivity contribution < 1.29 is 4.74 Å². The molecular formula is C17H15BrCl2O. The fourth-order valence-corrected chi connectivity index (χ4v) is 2.70. The minimum atomic E-state index is 0.615. The molecule has 0 spiro atoms. The molecule has 2 rings (SSSR count). The Hall–Kier alpha value is -0.960. The Morgan fingerprint density at radius 1 is 1.10 bits per heavy atom. The zero-order chi connectivity index (χ0) is 15.1. The van der Waals surface area contributed by atoms with Gasteiger partial charge in [0.25, 0.3) is 0 Å². The van der Waals surface area contributed by atoms with Crippen LogP contribution in [0.1, 0.15) is 17.5 Å². The summed E-state index contributed by atoms with van der Waals surface area (Å²) in [6.45, 7) is 0.638. The first kappa shape index (κ1) is 16.4. The lowest BCUT2D eigenvalue weighted by molar-refractivity contribution is 0.318.